The molecule has 0 bridgehead atoms. The first kappa shape index (κ1) is 23.2. The molecule has 2 N–H and O–H groups in total. The van der Waals surface area contributed by atoms with Gasteiger partial charge in [0.05, 0.1) is 23.8 Å². The number of nitrogens with one attached hydrogen (secondary N) is 2. The van der Waals surface area contributed by atoms with Crippen LogP contribution in [0.25, 0.3) is 11.5 Å². The summed E-state index contributed by atoms with van der Waals surface area (Å²) in [6, 6.07) is 13.6. The third-order valence-electron chi connectivity index (χ3n) is 4.43. The minimum absolute atomic E-state index is 0. The maximum absolute atomic E-state index is 6.31. The van der Waals surface area contributed by atoms with Gasteiger partial charge in [0.2, 0.25) is 5.89 Å². The molecule has 4 rings (SSSR count). The van der Waals surface area contributed by atoms with Gasteiger partial charge < -0.3 is 24.5 Å². The molecule has 0 saturated carbocycles. The predicted molar refractivity (Wildman–Crippen MR) is 131 cm³/mol. The molecule has 164 valence electrons. The Kier molecular flexibility index (Phi) is 8.42. The van der Waals surface area contributed by atoms with Crippen molar-refractivity contribution in [1.29, 1.82) is 0 Å². The number of fused-ring (bicyclic) bond motifs is 1. The molecule has 0 amide bonds. The summed E-state index contributed by atoms with van der Waals surface area (Å²) in [5.74, 6) is 2.53. The predicted octanol–water partition coefficient (Wildman–Crippen LogP) is 4.64. The van der Waals surface area contributed by atoms with Crippen molar-refractivity contribution in [3.05, 3.63) is 65.0 Å². The molecular weight excluding hydrogens is 531 g/mol. The summed E-state index contributed by atoms with van der Waals surface area (Å²) >= 11 is 6.31. The Hall–Kier alpha value is -2.46. The second kappa shape index (κ2) is 11.2. The third-order valence-corrected chi connectivity index (χ3v) is 4.71. The van der Waals surface area contributed by atoms with Crippen molar-refractivity contribution < 1.29 is 13.9 Å². The van der Waals surface area contributed by atoms with E-state index in [1.54, 1.807) is 6.26 Å². The summed E-state index contributed by atoms with van der Waals surface area (Å²) in [5, 5.41) is 7.04. The molecule has 0 spiro atoms. The Morgan fingerprint density at radius 3 is 2.74 bits per heavy atom. The first-order valence-corrected chi connectivity index (χ1v) is 10.2. The van der Waals surface area contributed by atoms with Gasteiger partial charge in [0.15, 0.2) is 17.5 Å². The van der Waals surface area contributed by atoms with Crippen LogP contribution in [0.1, 0.15) is 18.2 Å². The zero-order valence-electron chi connectivity index (χ0n) is 17.1. The molecule has 3 aromatic rings. The van der Waals surface area contributed by atoms with Crippen LogP contribution in [0.3, 0.4) is 0 Å². The van der Waals surface area contributed by atoms with Crippen LogP contribution < -0.4 is 20.1 Å². The SMILES string of the molecule is CCNC(=NCc1cc(Cl)c2c(c1)OCCO2)NCc1coc(-c2ccccc2)n1.I. The van der Waals surface area contributed by atoms with E-state index in [0.717, 1.165) is 23.4 Å². The molecule has 0 saturated heterocycles. The highest BCUT2D eigenvalue weighted by atomic mass is 127. The van der Waals surface area contributed by atoms with Gasteiger partial charge in [0, 0.05) is 12.1 Å². The number of hydrogen-bond donors (Lipinski definition) is 2. The third kappa shape index (κ3) is 6.04. The number of aliphatic imine (C=N–C) groups is 1. The van der Waals surface area contributed by atoms with Gasteiger partial charge in [-0.3, -0.25) is 0 Å². The van der Waals surface area contributed by atoms with Crippen LogP contribution in [0.15, 0.2) is 58.1 Å². The van der Waals surface area contributed by atoms with Crippen molar-refractivity contribution in [3.63, 3.8) is 0 Å². The number of halogens is 2. The van der Waals surface area contributed by atoms with E-state index < -0.39 is 0 Å². The van der Waals surface area contributed by atoms with E-state index in [4.69, 9.17) is 25.5 Å². The smallest absolute Gasteiger partial charge is 0.226 e. The quantitative estimate of drug-likeness (QED) is 0.263. The molecule has 1 aliphatic rings. The van der Waals surface area contributed by atoms with Gasteiger partial charge in [-0.25, -0.2) is 9.98 Å². The van der Waals surface area contributed by atoms with Crippen LogP contribution >= 0.6 is 35.6 Å². The zero-order valence-corrected chi connectivity index (χ0v) is 20.1. The molecule has 0 radical (unpaired) electrons. The van der Waals surface area contributed by atoms with Gasteiger partial charge in [0.1, 0.15) is 19.5 Å². The summed E-state index contributed by atoms with van der Waals surface area (Å²) in [5.41, 5.74) is 2.68. The van der Waals surface area contributed by atoms with Gasteiger partial charge in [-0.2, -0.15) is 0 Å². The number of ether oxygens (including phenoxy) is 2. The minimum Gasteiger partial charge on any atom is -0.486 e. The van der Waals surface area contributed by atoms with E-state index in [2.05, 4.69) is 20.6 Å². The highest BCUT2D eigenvalue weighted by Gasteiger charge is 2.16. The van der Waals surface area contributed by atoms with E-state index >= 15 is 0 Å². The second-order valence-corrected chi connectivity index (χ2v) is 7.07. The lowest BCUT2D eigenvalue weighted by atomic mass is 10.2. The minimum atomic E-state index is 0. The van der Waals surface area contributed by atoms with Gasteiger partial charge >= 0.3 is 0 Å². The number of nitrogens with zero attached hydrogens (tertiary/aromatic N) is 2. The van der Waals surface area contributed by atoms with Crippen LogP contribution in [-0.4, -0.2) is 30.7 Å². The second-order valence-electron chi connectivity index (χ2n) is 6.66. The summed E-state index contributed by atoms with van der Waals surface area (Å²) in [6.45, 7) is 4.71. The number of rotatable bonds is 6. The number of hydrogen-bond acceptors (Lipinski definition) is 5. The van der Waals surface area contributed by atoms with E-state index in [0.29, 0.717) is 54.7 Å². The molecule has 0 fully saturated rings. The molecule has 0 unspecified atom stereocenters. The average Bonchev–Trinajstić information content (AvgIpc) is 3.25. The Morgan fingerprint density at radius 1 is 1.13 bits per heavy atom. The monoisotopic (exact) mass is 554 g/mol. The van der Waals surface area contributed by atoms with Crippen LogP contribution in [0.5, 0.6) is 11.5 Å². The average molecular weight is 555 g/mol. The molecular formula is C22H24ClIN4O3. The lowest BCUT2D eigenvalue weighted by molar-refractivity contribution is 0.171. The van der Waals surface area contributed by atoms with Gasteiger partial charge in [-0.1, -0.05) is 29.8 Å². The van der Waals surface area contributed by atoms with E-state index in [1.165, 1.54) is 0 Å². The topological polar surface area (TPSA) is 80.9 Å². The molecule has 0 atom stereocenters. The van der Waals surface area contributed by atoms with Crippen molar-refractivity contribution >= 4 is 41.5 Å². The van der Waals surface area contributed by atoms with Crippen LogP contribution in [0.2, 0.25) is 5.02 Å². The van der Waals surface area contributed by atoms with E-state index in [-0.39, 0.29) is 24.0 Å². The molecule has 2 heterocycles. The standard InChI is InChI=1S/C22H23ClN4O3.HI/c1-2-24-22(25-12-15-10-18(23)20-19(11-15)28-8-9-29-20)26-13-17-14-30-21(27-17)16-6-4-3-5-7-16;/h3-7,10-11,14H,2,8-9,12-13H2,1H3,(H2,24,25,26);1H. The molecule has 2 aromatic carbocycles. The fourth-order valence-electron chi connectivity index (χ4n) is 3.04. The maximum atomic E-state index is 6.31. The van der Waals surface area contributed by atoms with Crippen LogP contribution in [-0.2, 0) is 13.1 Å². The van der Waals surface area contributed by atoms with Crippen molar-refractivity contribution in [2.24, 2.45) is 4.99 Å². The summed E-state index contributed by atoms with van der Waals surface area (Å²) < 4.78 is 16.8. The zero-order chi connectivity index (χ0) is 20.8. The molecule has 9 heteroatoms. The van der Waals surface area contributed by atoms with Gasteiger partial charge in [-0.05, 0) is 36.8 Å². The molecule has 1 aromatic heterocycles. The summed E-state index contributed by atoms with van der Waals surface area (Å²) in [7, 11) is 0. The fraction of sp³-hybridized carbons (Fsp3) is 0.273. The highest BCUT2D eigenvalue weighted by molar-refractivity contribution is 14.0. The number of benzene rings is 2. The summed E-state index contributed by atoms with van der Waals surface area (Å²) in [6.07, 6.45) is 1.65. The maximum Gasteiger partial charge on any atom is 0.226 e. The Labute approximate surface area is 203 Å². The van der Waals surface area contributed by atoms with Gasteiger partial charge in [-0.15, -0.1) is 24.0 Å². The molecule has 1 aliphatic heterocycles. The van der Waals surface area contributed by atoms with E-state index in [9.17, 15) is 0 Å². The molecule has 31 heavy (non-hydrogen) atoms. The number of oxazole rings is 1. The van der Waals surface area contributed by atoms with E-state index in [1.807, 2.05) is 49.4 Å². The van der Waals surface area contributed by atoms with Crippen molar-refractivity contribution in [2.45, 2.75) is 20.0 Å². The normalized spacial score (nSPS) is 12.8. The molecule has 7 nitrogen and oxygen atoms in total. The van der Waals surface area contributed by atoms with Crippen molar-refractivity contribution in [1.82, 2.24) is 15.6 Å². The largest absolute Gasteiger partial charge is 0.486 e. The summed E-state index contributed by atoms with van der Waals surface area (Å²) in [4.78, 5) is 9.17. The van der Waals surface area contributed by atoms with Crippen molar-refractivity contribution in [2.75, 3.05) is 19.8 Å². The highest BCUT2D eigenvalue weighted by Crippen LogP contribution is 2.38. The Morgan fingerprint density at radius 2 is 1.94 bits per heavy atom. The van der Waals surface area contributed by atoms with Crippen molar-refractivity contribution in [3.8, 4) is 23.0 Å². The first-order chi connectivity index (χ1) is 14.7. The Balaban J connectivity index is 0.00000272. The van der Waals surface area contributed by atoms with Crippen LogP contribution in [0, 0.1) is 0 Å². The lowest BCUT2D eigenvalue weighted by Gasteiger charge is -2.20. The number of guanidine groups is 1. The number of aromatic nitrogens is 1. The fourth-order valence-corrected chi connectivity index (χ4v) is 3.33. The Bertz CT molecular complexity index is 1030. The first-order valence-electron chi connectivity index (χ1n) is 9.83. The lowest BCUT2D eigenvalue weighted by Crippen LogP contribution is -2.36. The van der Waals surface area contributed by atoms with Gasteiger partial charge in [0.25, 0.3) is 0 Å². The molecule has 0 aliphatic carbocycles. The van der Waals surface area contributed by atoms with Crippen LogP contribution in [0.4, 0.5) is 0 Å².